The van der Waals surface area contributed by atoms with Gasteiger partial charge in [0.1, 0.15) is 18.3 Å². The summed E-state index contributed by atoms with van der Waals surface area (Å²) in [5.74, 6) is 4.74. The molecule has 0 aromatic carbocycles. The lowest BCUT2D eigenvalue weighted by atomic mass is 10.0. The summed E-state index contributed by atoms with van der Waals surface area (Å²) < 4.78 is 4.99. The molecule has 0 aliphatic rings. The van der Waals surface area contributed by atoms with Gasteiger partial charge in [0.15, 0.2) is 12.4 Å². The van der Waals surface area contributed by atoms with Crippen LogP contribution < -0.4 is 5.90 Å². The minimum atomic E-state index is -1.62. The Morgan fingerprint density at radius 2 is 2.00 bits per heavy atom. The molecule has 0 fully saturated rings. The number of carbonyl (C=O) groups excluding carboxylic acids is 1. The van der Waals surface area contributed by atoms with Gasteiger partial charge in [-0.25, -0.2) is 5.90 Å². The summed E-state index contributed by atoms with van der Waals surface area (Å²) in [6, 6.07) is 0. The maximum absolute atomic E-state index is 10.4. The second-order valence-corrected chi connectivity index (χ2v) is 3.76. The third-order valence-corrected chi connectivity index (χ3v) is 2.01. The lowest BCUT2D eigenvalue weighted by Gasteiger charge is -2.25. The zero-order valence-electron chi connectivity index (χ0n) is 9.65. The molecule has 4 atom stereocenters. The van der Waals surface area contributed by atoms with Crippen molar-refractivity contribution in [1.29, 1.82) is 0 Å². The third kappa shape index (κ3) is 5.87. The van der Waals surface area contributed by atoms with E-state index in [4.69, 9.17) is 10.6 Å². The zero-order chi connectivity index (χ0) is 13.4. The van der Waals surface area contributed by atoms with Crippen LogP contribution in [0.2, 0.25) is 0 Å². The Bertz CT molecular complexity index is 247. The fourth-order valence-corrected chi connectivity index (χ4v) is 1.07. The smallest absolute Gasteiger partial charge is 0.162 e. The average molecular weight is 249 g/mol. The van der Waals surface area contributed by atoms with E-state index in [1.54, 1.807) is 6.92 Å². The number of nitrogens with two attached hydrogens (primary N) is 1. The van der Waals surface area contributed by atoms with E-state index in [9.17, 15) is 20.1 Å². The highest BCUT2D eigenvalue weighted by Gasteiger charge is 2.31. The molecule has 0 aliphatic carbocycles. The summed E-state index contributed by atoms with van der Waals surface area (Å²) in [7, 11) is 0. The van der Waals surface area contributed by atoms with Gasteiger partial charge in [-0.2, -0.15) is 0 Å². The number of aliphatic hydroxyl groups excluding tert-OH is 3. The zero-order valence-corrected chi connectivity index (χ0v) is 9.65. The molecule has 0 aliphatic heterocycles. The van der Waals surface area contributed by atoms with Gasteiger partial charge in [-0.3, -0.25) is 4.84 Å². The number of hydrogen-bond donors (Lipinski definition) is 4. The van der Waals surface area contributed by atoms with Crippen LogP contribution in [0.3, 0.4) is 0 Å². The van der Waals surface area contributed by atoms with Crippen molar-refractivity contribution in [2.24, 2.45) is 5.90 Å². The van der Waals surface area contributed by atoms with Crippen LogP contribution >= 0.6 is 0 Å². The van der Waals surface area contributed by atoms with Gasteiger partial charge < -0.3 is 24.9 Å². The van der Waals surface area contributed by atoms with Crippen LogP contribution in [0.5, 0.6) is 0 Å². The minimum absolute atomic E-state index is 0.207. The maximum Gasteiger partial charge on any atom is 0.162 e. The molecule has 0 unspecified atom stereocenters. The van der Waals surface area contributed by atoms with Crippen LogP contribution in [0.25, 0.3) is 0 Å². The number of aldehydes is 1. The summed E-state index contributed by atoms with van der Waals surface area (Å²) >= 11 is 0. The van der Waals surface area contributed by atoms with Crippen molar-refractivity contribution in [2.45, 2.75) is 31.3 Å². The van der Waals surface area contributed by atoms with E-state index in [0.717, 1.165) is 5.57 Å². The molecule has 7 heteroatoms. The summed E-state index contributed by atoms with van der Waals surface area (Å²) in [4.78, 5) is 14.5. The van der Waals surface area contributed by atoms with E-state index >= 15 is 0 Å². The lowest BCUT2D eigenvalue weighted by Crippen LogP contribution is -2.48. The van der Waals surface area contributed by atoms with Crippen molar-refractivity contribution in [3.8, 4) is 0 Å². The van der Waals surface area contributed by atoms with Crippen molar-refractivity contribution in [3.05, 3.63) is 12.2 Å². The summed E-state index contributed by atoms with van der Waals surface area (Å²) in [6.45, 7) is 5.34. The van der Waals surface area contributed by atoms with Crippen LogP contribution in [-0.2, 0) is 14.4 Å². The van der Waals surface area contributed by atoms with Crippen molar-refractivity contribution in [3.63, 3.8) is 0 Å². The van der Waals surface area contributed by atoms with E-state index in [-0.39, 0.29) is 19.5 Å². The van der Waals surface area contributed by atoms with Gasteiger partial charge >= 0.3 is 0 Å². The Morgan fingerprint density at radius 1 is 1.41 bits per heavy atom. The average Bonchev–Trinajstić information content (AvgIpc) is 2.28. The Balaban J connectivity index is 4.14. The molecule has 0 radical (unpaired) electrons. The first-order valence-electron chi connectivity index (χ1n) is 5.01. The van der Waals surface area contributed by atoms with Gasteiger partial charge in [-0.1, -0.05) is 12.2 Å². The SMILES string of the molecule is C=C(C)COC[C@@H](O)[C@@H](O)[C@H](O)[C@H](C=O)ON. The summed E-state index contributed by atoms with van der Waals surface area (Å²) in [5.41, 5.74) is 0.753. The fourth-order valence-electron chi connectivity index (χ4n) is 1.07. The molecule has 0 saturated heterocycles. The van der Waals surface area contributed by atoms with Gasteiger partial charge in [0.05, 0.1) is 13.2 Å². The first kappa shape index (κ1) is 16.2. The Labute approximate surface area is 99.4 Å². The molecule has 0 spiro atoms. The van der Waals surface area contributed by atoms with E-state index in [2.05, 4.69) is 11.4 Å². The Morgan fingerprint density at radius 3 is 2.41 bits per heavy atom. The molecule has 0 aromatic heterocycles. The van der Waals surface area contributed by atoms with Gasteiger partial charge in [0.25, 0.3) is 0 Å². The van der Waals surface area contributed by atoms with Gasteiger partial charge in [-0.05, 0) is 6.92 Å². The van der Waals surface area contributed by atoms with Crippen molar-refractivity contribution in [2.75, 3.05) is 13.2 Å². The summed E-state index contributed by atoms with van der Waals surface area (Å²) in [6.07, 6.45) is -5.75. The molecule has 0 rings (SSSR count). The van der Waals surface area contributed by atoms with Crippen LogP contribution in [0.1, 0.15) is 6.92 Å². The van der Waals surface area contributed by atoms with Crippen molar-refractivity contribution in [1.82, 2.24) is 0 Å². The van der Waals surface area contributed by atoms with E-state index in [1.807, 2.05) is 0 Å². The fraction of sp³-hybridized carbons (Fsp3) is 0.700. The number of aliphatic hydroxyl groups is 3. The summed E-state index contributed by atoms with van der Waals surface area (Å²) in [5, 5.41) is 28.4. The second-order valence-electron chi connectivity index (χ2n) is 3.76. The molecular formula is C10H19NO6. The predicted octanol–water partition coefficient (Wildman–Crippen LogP) is -1.88. The highest BCUT2D eigenvalue weighted by Crippen LogP contribution is 2.06. The molecule has 17 heavy (non-hydrogen) atoms. The third-order valence-electron chi connectivity index (χ3n) is 2.01. The van der Waals surface area contributed by atoms with Gasteiger partial charge in [-0.15, -0.1) is 0 Å². The number of carbonyl (C=O) groups is 1. The highest BCUT2D eigenvalue weighted by atomic mass is 16.6. The van der Waals surface area contributed by atoms with Crippen LogP contribution in [0, 0.1) is 0 Å². The minimum Gasteiger partial charge on any atom is -0.388 e. The predicted molar refractivity (Wildman–Crippen MR) is 58.8 cm³/mol. The largest absolute Gasteiger partial charge is 0.388 e. The standard InChI is InChI=1S/C10H19NO6/c1-6(2)4-16-5-7(13)9(14)10(15)8(3-12)17-11/h3,7-10,13-15H,1,4-5,11H2,2H3/t7-,8+,9-,10-/m1/s1. The molecule has 0 aromatic rings. The lowest BCUT2D eigenvalue weighted by molar-refractivity contribution is -0.148. The molecule has 5 N–H and O–H groups in total. The maximum atomic E-state index is 10.4. The van der Waals surface area contributed by atoms with Crippen LogP contribution in [0.4, 0.5) is 0 Å². The molecule has 7 nitrogen and oxygen atoms in total. The van der Waals surface area contributed by atoms with E-state index < -0.39 is 24.4 Å². The quantitative estimate of drug-likeness (QED) is 0.214. The molecule has 0 heterocycles. The first-order valence-corrected chi connectivity index (χ1v) is 5.01. The number of hydrogen-bond acceptors (Lipinski definition) is 7. The normalized spacial score (nSPS) is 18.2. The molecule has 0 bridgehead atoms. The van der Waals surface area contributed by atoms with Crippen LogP contribution in [0.15, 0.2) is 12.2 Å². The molecular weight excluding hydrogens is 230 g/mol. The molecule has 100 valence electrons. The second kappa shape index (κ2) is 8.29. The van der Waals surface area contributed by atoms with Gasteiger partial charge in [0, 0.05) is 0 Å². The number of rotatable bonds is 9. The highest BCUT2D eigenvalue weighted by molar-refractivity contribution is 5.57. The molecule has 0 amide bonds. The first-order chi connectivity index (χ1) is 7.93. The van der Waals surface area contributed by atoms with Gasteiger partial charge in [0.2, 0.25) is 0 Å². The van der Waals surface area contributed by atoms with Crippen LogP contribution in [-0.4, -0.2) is 59.2 Å². The Kier molecular flexibility index (Phi) is 7.88. The monoisotopic (exact) mass is 249 g/mol. The molecule has 0 saturated carbocycles. The van der Waals surface area contributed by atoms with Crippen molar-refractivity contribution >= 4 is 6.29 Å². The van der Waals surface area contributed by atoms with E-state index in [0.29, 0.717) is 0 Å². The topological polar surface area (TPSA) is 122 Å². The Hall–Kier alpha value is -0.830. The van der Waals surface area contributed by atoms with E-state index in [1.165, 1.54) is 0 Å². The van der Waals surface area contributed by atoms with Crippen molar-refractivity contribution < 1.29 is 29.7 Å². The number of ether oxygens (including phenoxy) is 1.